The molecule has 0 aliphatic carbocycles. The number of benzene rings is 7. The van der Waals surface area contributed by atoms with Gasteiger partial charge in [-0.25, -0.2) is 0 Å². The van der Waals surface area contributed by atoms with E-state index in [0.29, 0.717) is 0 Å². The van der Waals surface area contributed by atoms with E-state index in [1.54, 1.807) is 0 Å². The number of fused-ring (bicyclic) bond motifs is 7. The van der Waals surface area contributed by atoms with Crippen molar-refractivity contribution in [3.8, 4) is 11.1 Å². The second-order valence-corrected chi connectivity index (χ2v) is 22.4. The SMILES string of the molecule is Cc1cc2c3c(c1)N(c1ccc(C(C)(C)C)cc1)c1ccc(C(C)(C)C)cc1B3c1cc(C(C)(C)C)ccc1N2c1ccc(-c2cccc3c2oc2c(C(C)(C)C)cccc23)cc1. The zero-order chi connectivity index (χ0) is 44.5. The Hall–Kier alpha value is -6.00. The molecule has 0 radical (unpaired) electrons. The van der Waals surface area contributed by atoms with Gasteiger partial charge in [0.15, 0.2) is 0 Å². The van der Waals surface area contributed by atoms with E-state index >= 15 is 0 Å². The molecule has 0 atom stereocenters. The van der Waals surface area contributed by atoms with E-state index in [1.165, 1.54) is 78.0 Å². The van der Waals surface area contributed by atoms with E-state index in [2.05, 4.69) is 233 Å². The van der Waals surface area contributed by atoms with Crippen LogP contribution in [0.2, 0.25) is 0 Å². The lowest BCUT2D eigenvalue weighted by molar-refractivity contribution is 0.573. The van der Waals surface area contributed by atoms with Crippen molar-refractivity contribution in [2.24, 2.45) is 0 Å². The number of hydrogen-bond donors (Lipinski definition) is 0. The summed E-state index contributed by atoms with van der Waals surface area (Å²) in [6.07, 6.45) is 0. The predicted octanol–water partition coefficient (Wildman–Crippen LogP) is 14.8. The van der Waals surface area contributed by atoms with Crippen LogP contribution in [0.4, 0.5) is 34.1 Å². The van der Waals surface area contributed by atoms with Gasteiger partial charge in [0.2, 0.25) is 0 Å². The minimum atomic E-state index is -0.0353. The maximum atomic E-state index is 6.84. The van der Waals surface area contributed by atoms with E-state index in [1.807, 2.05) is 0 Å². The average molecular weight is 825 g/mol. The first-order valence-electron chi connectivity index (χ1n) is 22.9. The summed E-state index contributed by atoms with van der Waals surface area (Å²) in [4.78, 5) is 5.07. The van der Waals surface area contributed by atoms with Gasteiger partial charge in [-0.1, -0.05) is 168 Å². The Morgan fingerprint density at radius 2 is 0.889 bits per heavy atom. The first kappa shape index (κ1) is 41.0. The molecule has 1 aromatic heterocycles. The predicted molar refractivity (Wildman–Crippen MR) is 273 cm³/mol. The van der Waals surface area contributed by atoms with Gasteiger partial charge in [0.05, 0.1) is 0 Å². The molecule has 3 heterocycles. The maximum Gasteiger partial charge on any atom is 0.252 e. The first-order chi connectivity index (χ1) is 29.7. The van der Waals surface area contributed by atoms with E-state index in [9.17, 15) is 0 Å². The summed E-state index contributed by atoms with van der Waals surface area (Å²) in [6.45, 7) is 29.9. The molecule has 2 aliphatic heterocycles. The fraction of sp³-hybridized carbons (Fsp3) is 0.288. The molecule has 0 unspecified atom stereocenters. The molecule has 0 saturated carbocycles. The van der Waals surface area contributed by atoms with Crippen LogP contribution in [0.1, 0.15) is 111 Å². The third kappa shape index (κ3) is 6.71. The van der Waals surface area contributed by atoms with Crippen LogP contribution in [0.25, 0.3) is 33.1 Å². The van der Waals surface area contributed by atoms with Gasteiger partial charge in [-0.2, -0.15) is 0 Å². The van der Waals surface area contributed by atoms with Crippen molar-refractivity contribution in [2.45, 2.75) is 112 Å². The summed E-state index contributed by atoms with van der Waals surface area (Å²) in [5.74, 6) is 0. The smallest absolute Gasteiger partial charge is 0.252 e. The van der Waals surface area contributed by atoms with Crippen LogP contribution < -0.4 is 26.2 Å². The van der Waals surface area contributed by atoms with E-state index in [4.69, 9.17) is 4.42 Å². The molecular weight excluding hydrogens is 763 g/mol. The Kier molecular flexibility index (Phi) is 9.12. The van der Waals surface area contributed by atoms with Crippen LogP contribution in [0, 0.1) is 6.92 Å². The van der Waals surface area contributed by atoms with Gasteiger partial charge in [0, 0.05) is 56.0 Å². The Bertz CT molecular complexity index is 3100. The number of rotatable bonds is 3. The minimum absolute atomic E-state index is 0.00921. The maximum absolute atomic E-state index is 6.84. The van der Waals surface area contributed by atoms with Crippen molar-refractivity contribution < 1.29 is 4.42 Å². The quantitative estimate of drug-likeness (QED) is 0.166. The Labute approximate surface area is 375 Å². The van der Waals surface area contributed by atoms with Crippen molar-refractivity contribution >= 4 is 79.2 Å². The highest BCUT2D eigenvalue weighted by atomic mass is 16.3. The van der Waals surface area contributed by atoms with Crippen LogP contribution in [0.3, 0.4) is 0 Å². The second-order valence-electron chi connectivity index (χ2n) is 22.4. The first-order valence-corrected chi connectivity index (χ1v) is 22.9. The summed E-state index contributed by atoms with van der Waals surface area (Å²) in [5.41, 5.74) is 22.0. The molecule has 0 fully saturated rings. The normalized spacial score (nSPS) is 14.0. The van der Waals surface area contributed by atoms with Crippen LogP contribution in [0.15, 0.2) is 138 Å². The van der Waals surface area contributed by atoms with Crippen molar-refractivity contribution in [3.63, 3.8) is 0 Å². The zero-order valence-electron chi connectivity index (χ0n) is 39.6. The van der Waals surface area contributed by atoms with Crippen LogP contribution in [0.5, 0.6) is 0 Å². The summed E-state index contributed by atoms with van der Waals surface area (Å²) < 4.78 is 6.84. The highest BCUT2D eigenvalue weighted by Gasteiger charge is 2.44. The molecule has 8 aromatic rings. The Balaban J connectivity index is 1.19. The Morgan fingerprint density at radius 3 is 1.38 bits per heavy atom. The molecule has 0 bridgehead atoms. The van der Waals surface area contributed by atoms with Gasteiger partial charge in [0.1, 0.15) is 11.2 Å². The third-order valence-electron chi connectivity index (χ3n) is 13.7. The molecule has 63 heavy (non-hydrogen) atoms. The van der Waals surface area contributed by atoms with Crippen LogP contribution in [-0.4, -0.2) is 6.71 Å². The number of aryl methyl sites for hydroxylation is 1. The van der Waals surface area contributed by atoms with E-state index in [0.717, 1.165) is 33.4 Å². The highest BCUT2D eigenvalue weighted by Crippen LogP contribution is 2.47. The number of hydrogen-bond acceptors (Lipinski definition) is 3. The number of anilines is 6. The summed E-state index contributed by atoms with van der Waals surface area (Å²) in [5, 5.41) is 2.33. The van der Waals surface area contributed by atoms with E-state index < -0.39 is 0 Å². The standard InChI is InChI=1S/C59H61BN2O/c1-36-32-51-53-52(33-36)62(42-28-22-38(23-29-42)56(2,3)4)50-31-25-40(58(8,9)10)35-48(50)60(53)47-34-39(57(5,6)7)24-30-49(47)61(51)41-26-20-37(21-27-41)43-16-14-17-44-45-18-15-19-46(59(11,12)13)55(45)63-54(43)44/h14-35H,1-13H3. The lowest BCUT2D eigenvalue weighted by Crippen LogP contribution is -2.61. The molecule has 0 spiro atoms. The van der Waals surface area contributed by atoms with Gasteiger partial charge in [-0.15, -0.1) is 0 Å². The number of para-hydroxylation sites is 2. The highest BCUT2D eigenvalue weighted by molar-refractivity contribution is 7.00. The number of nitrogens with zero attached hydrogens (tertiary/aromatic N) is 2. The lowest BCUT2D eigenvalue weighted by atomic mass is 9.33. The van der Waals surface area contributed by atoms with Crippen LogP contribution >= 0.6 is 0 Å². The molecule has 0 amide bonds. The molecule has 3 nitrogen and oxygen atoms in total. The summed E-state index contributed by atoms with van der Waals surface area (Å²) in [6, 6.07) is 51.0. The van der Waals surface area contributed by atoms with Gasteiger partial charge in [-0.05, 0) is 121 Å². The third-order valence-corrected chi connectivity index (χ3v) is 13.7. The van der Waals surface area contributed by atoms with Crippen LogP contribution in [-0.2, 0) is 21.7 Å². The fourth-order valence-electron chi connectivity index (χ4n) is 10.2. The topological polar surface area (TPSA) is 19.6 Å². The number of furan rings is 1. The molecule has 0 N–H and O–H groups in total. The molecular formula is C59H61BN2O. The largest absolute Gasteiger partial charge is 0.455 e. The molecule has 316 valence electrons. The fourth-order valence-corrected chi connectivity index (χ4v) is 10.2. The molecule has 7 aromatic carbocycles. The monoisotopic (exact) mass is 824 g/mol. The lowest BCUT2D eigenvalue weighted by Gasteiger charge is -2.45. The van der Waals surface area contributed by atoms with Gasteiger partial charge in [-0.3, -0.25) is 0 Å². The van der Waals surface area contributed by atoms with Gasteiger partial charge in [0.25, 0.3) is 6.71 Å². The molecule has 10 rings (SSSR count). The average Bonchev–Trinajstić information content (AvgIpc) is 3.61. The van der Waals surface area contributed by atoms with Crippen molar-refractivity contribution in [1.29, 1.82) is 0 Å². The minimum Gasteiger partial charge on any atom is -0.455 e. The van der Waals surface area contributed by atoms with Crippen molar-refractivity contribution in [1.82, 2.24) is 0 Å². The van der Waals surface area contributed by atoms with E-state index in [-0.39, 0.29) is 28.4 Å². The zero-order valence-corrected chi connectivity index (χ0v) is 39.6. The van der Waals surface area contributed by atoms with Gasteiger partial charge < -0.3 is 14.2 Å². The van der Waals surface area contributed by atoms with Crippen molar-refractivity contribution in [2.75, 3.05) is 9.80 Å². The summed E-state index contributed by atoms with van der Waals surface area (Å²) in [7, 11) is 0. The molecule has 0 saturated heterocycles. The second kappa shape index (κ2) is 14.0. The van der Waals surface area contributed by atoms with Crippen molar-refractivity contribution in [3.05, 3.63) is 161 Å². The summed E-state index contributed by atoms with van der Waals surface area (Å²) >= 11 is 0. The Morgan fingerprint density at radius 1 is 0.429 bits per heavy atom. The molecule has 2 aliphatic rings. The molecule has 4 heteroatoms. The van der Waals surface area contributed by atoms with Gasteiger partial charge >= 0.3 is 0 Å².